The van der Waals surface area contributed by atoms with E-state index in [1.807, 2.05) is 0 Å². The van der Waals surface area contributed by atoms with E-state index in [-0.39, 0.29) is 0 Å². The molecule has 1 fully saturated rings. The molecule has 0 aromatic heterocycles. The summed E-state index contributed by atoms with van der Waals surface area (Å²) >= 11 is 4.25. The summed E-state index contributed by atoms with van der Waals surface area (Å²) in [5.74, 6) is 1.01. The number of nitrogens with zero attached hydrogens (tertiary/aromatic N) is 1. The Morgan fingerprint density at radius 3 is 2.00 bits per heavy atom. The summed E-state index contributed by atoms with van der Waals surface area (Å²) in [4.78, 5) is 2.55. The molecule has 1 heterocycles. The summed E-state index contributed by atoms with van der Waals surface area (Å²) in [5, 5.41) is 0. The lowest BCUT2D eigenvalue weighted by Crippen LogP contribution is -2.29. The number of rotatable bonds is 2. The second-order valence-corrected chi connectivity index (χ2v) is 3.78. The van der Waals surface area contributed by atoms with Crippen LogP contribution in [-0.4, -0.2) is 30.3 Å². The van der Waals surface area contributed by atoms with Gasteiger partial charge in [0, 0.05) is 12.3 Å². The first-order valence-corrected chi connectivity index (χ1v) is 5.40. The van der Waals surface area contributed by atoms with E-state index in [1.165, 1.54) is 51.7 Å². The van der Waals surface area contributed by atoms with Crippen molar-refractivity contribution < 1.29 is 0 Å². The molecule has 2 heteroatoms. The average Bonchev–Trinajstić information content (AvgIpc) is 1.94. The smallest absolute Gasteiger partial charge is 0.00698 e. The fraction of sp³-hybridized carbons (Fsp3) is 1.00. The highest BCUT2D eigenvalue weighted by molar-refractivity contribution is 7.80. The molecular formula is C9H19NS. The highest BCUT2D eigenvalue weighted by Gasteiger charge is 2.05. The number of hydrogen-bond donors (Lipinski definition) is 1. The monoisotopic (exact) mass is 173 g/mol. The van der Waals surface area contributed by atoms with Gasteiger partial charge in [-0.05, 0) is 25.9 Å². The van der Waals surface area contributed by atoms with Crippen LogP contribution in [0.1, 0.15) is 32.1 Å². The molecule has 66 valence electrons. The van der Waals surface area contributed by atoms with E-state index in [2.05, 4.69) is 17.5 Å². The van der Waals surface area contributed by atoms with Gasteiger partial charge in [0.2, 0.25) is 0 Å². The SMILES string of the molecule is SCCN1CCCCCCC1. The first kappa shape index (κ1) is 9.40. The van der Waals surface area contributed by atoms with Gasteiger partial charge < -0.3 is 4.90 Å². The summed E-state index contributed by atoms with van der Waals surface area (Å²) < 4.78 is 0. The highest BCUT2D eigenvalue weighted by Crippen LogP contribution is 2.09. The fourth-order valence-corrected chi connectivity index (χ4v) is 1.96. The Morgan fingerprint density at radius 1 is 0.909 bits per heavy atom. The van der Waals surface area contributed by atoms with Crippen molar-refractivity contribution in [3.8, 4) is 0 Å². The molecule has 1 nitrogen and oxygen atoms in total. The maximum atomic E-state index is 4.25. The Bertz CT molecular complexity index is 87.6. The van der Waals surface area contributed by atoms with Gasteiger partial charge in [-0.2, -0.15) is 12.6 Å². The van der Waals surface area contributed by atoms with E-state index in [0.29, 0.717) is 0 Å². The molecule has 0 bridgehead atoms. The maximum absolute atomic E-state index is 4.25. The van der Waals surface area contributed by atoms with Crippen LogP contribution in [0.3, 0.4) is 0 Å². The summed E-state index contributed by atoms with van der Waals surface area (Å²) in [6, 6.07) is 0. The Morgan fingerprint density at radius 2 is 1.45 bits per heavy atom. The van der Waals surface area contributed by atoms with Crippen LogP contribution in [0.15, 0.2) is 0 Å². The lowest BCUT2D eigenvalue weighted by Gasteiger charge is -2.23. The predicted octanol–water partition coefficient (Wildman–Crippen LogP) is 2.18. The third-order valence-electron chi connectivity index (χ3n) is 2.36. The van der Waals surface area contributed by atoms with Gasteiger partial charge in [0.25, 0.3) is 0 Å². The Kier molecular flexibility index (Phi) is 5.04. The third kappa shape index (κ3) is 4.02. The summed E-state index contributed by atoms with van der Waals surface area (Å²) in [7, 11) is 0. The Hall–Kier alpha value is 0.310. The van der Waals surface area contributed by atoms with Gasteiger partial charge in [-0.15, -0.1) is 0 Å². The minimum atomic E-state index is 1.01. The van der Waals surface area contributed by atoms with Crippen molar-refractivity contribution in [1.29, 1.82) is 0 Å². The predicted molar refractivity (Wildman–Crippen MR) is 53.4 cm³/mol. The van der Waals surface area contributed by atoms with Crippen LogP contribution >= 0.6 is 12.6 Å². The zero-order chi connectivity index (χ0) is 7.94. The van der Waals surface area contributed by atoms with Gasteiger partial charge in [-0.1, -0.05) is 19.3 Å². The van der Waals surface area contributed by atoms with Crippen LogP contribution < -0.4 is 0 Å². The van der Waals surface area contributed by atoms with Gasteiger partial charge in [0.15, 0.2) is 0 Å². The molecule has 1 rings (SSSR count). The van der Waals surface area contributed by atoms with Crippen LogP contribution in [0, 0.1) is 0 Å². The fourth-order valence-electron chi connectivity index (χ4n) is 1.68. The number of thiol groups is 1. The van der Waals surface area contributed by atoms with Crippen molar-refractivity contribution in [2.45, 2.75) is 32.1 Å². The third-order valence-corrected chi connectivity index (χ3v) is 2.56. The normalized spacial score (nSPS) is 22.6. The lowest BCUT2D eigenvalue weighted by molar-refractivity contribution is 0.262. The molecule has 0 aliphatic carbocycles. The molecule has 0 N–H and O–H groups in total. The number of likely N-dealkylation sites (tertiary alicyclic amines) is 1. The Balaban J connectivity index is 2.15. The van der Waals surface area contributed by atoms with E-state index in [0.717, 1.165) is 5.75 Å². The molecule has 0 atom stereocenters. The van der Waals surface area contributed by atoms with Crippen LogP contribution in [0.25, 0.3) is 0 Å². The molecule has 1 saturated heterocycles. The lowest BCUT2D eigenvalue weighted by atomic mass is 10.1. The van der Waals surface area contributed by atoms with Gasteiger partial charge in [0.05, 0.1) is 0 Å². The van der Waals surface area contributed by atoms with Crippen molar-refractivity contribution in [1.82, 2.24) is 4.90 Å². The number of hydrogen-bond acceptors (Lipinski definition) is 2. The molecule has 0 unspecified atom stereocenters. The van der Waals surface area contributed by atoms with E-state index >= 15 is 0 Å². The van der Waals surface area contributed by atoms with Gasteiger partial charge >= 0.3 is 0 Å². The molecule has 0 saturated carbocycles. The quantitative estimate of drug-likeness (QED) is 0.626. The summed E-state index contributed by atoms with van der Waals surface area (Å²) in [6.07, 6.45) is 7.11. The van der Waals surface area contributed by atoms with Crippen molar-refractivity contribution in [2.75, 3.05) is 25.4 Å². The van der Waals surface area contributed by atoms with Crippen molar-refractivity contribution in [3.05, 3.63) is 0 Å². The van der Waals surface area contributed by atoms with Crippen molar-refractivity contribution in [2.24, 2.45) is 0 Å². The second kappa shape index (κ2) is 5.90. The van der Waals surface area contributed by atoms with Crippen molar-refractivity contribution in [3.63, 3.8) is 0 Å². The van der Waals surface area contributed by atoms with Gasteiger partial charge in [-0.25, -0.2) is 0 Å². The minimum Gasteiger partial charge on any atom is -0.303 e. The van der Waals surface area contributed by atoms with Crippen LogP contribution in [0.4, 0.5) is 0 Å². The van der Waals surface area contributed by atoms with Gasteiger partial charge in [0.1, 0.15) is 0 Å². The maximum Gasteiger partial charge on any atom is 0.00698 e. The molecule has 1 aliphatic heterocycles. The van der Waals surface area contributed by atoms with Gasteiger partial charge in [-0.3, -0.25) is 0 Å². The van der Waals surface area contributed by atoms with E-state index in [1.54, 1.807) is 0 Å². The molecule has 0 radical (unpaired) electrons. The molecule has 0 aromatic carbocycles. The molecule has 0 aromatic rings. The first-order valence-electron chi connectivity index (χ1n) is 4.76. The van der Waals surface area contributed by atoms with Crippen molar-refractivity contribution >= 4 is 12.6 Å². The summed E-state index contributed by atoms with van der Waals surface area (Å²) in [5.41, 5.74) is 0. The standard InChI is InChI=1S/C9H19NS/c11-9-8-10-6-4-2-1-3-5-7-10/h11H,1-9H2. The van der Waals surface area contributed by atoms with E-state index in [4.69, 9.17) is 0 Å². The zero-order valence-electron chi connectivity index (χ0n) is 7.26. The Labute approximate surface area is 75.6 Å². The zero-order valence-corrected chi connectivity index (χ0v) is 8.15. The first-order chi connectivity index (χ1) is 5.43. The minimum absolute atomic E-state index is 1.01. The van der Waals surface area contributed by atoms with E-state index in [9.17, 15) is 0 Å². The molecule has 0 spiro atoms. The average molecular weight is 173 g/mol. The second-order valence-electron chi connectivity index (χ2n) is 3.33. The summed E-state index contributed by atoms with van der Waals surface area (Å²) in [6.45, 7) is 3.80. The van der Waals surface area contributed by atoms with Crippen LogP contribution in [0.2, 0.25) is 0 Å². The molecular weight excluding hydrogens is 154 g/mol. The molecule has 11 heavy (non-hydrogen) atoms. The largest absolute Gasteiger partial charge is 0.303 e. The van der Waals surface area contributed by atoms with E-state index < -0.39 is 0 Å². The highest BCUT2D eigenvalue weighted by atomic mass is 32.1. The van der Waals surface area contributed by atoms with Crippen LogP contribution in [0.5, 0.6) is 0 Å². The van der Waals surface area contributed by atoms with Crippen LogP contribution in [-0.2, 0) is 0 Å². The molecule has 1 aliphatic rings. The topological polar surface area (TPSA) is 3.24 Å². The molecule has 0 amide bonds.